The number of nitrogens with zero attached hydrogens (tertiary/aromatic N) is 1. The lowest BCUT2D eigenvalue weighted by molar-refractivity contribution is 0.157. The summed E-state index contributed by atoms with van der Waals surface area (Å²) in [5.74, 6) is 1.38. The van der Waals surface area contributed by atoms with Crippen molar-refractivity contribution in [3.05, 3.63) is 239 Å². The van der Waals surface area contributed by atoms with Crippen molar-refractivity contribution < 1.29 is 9.15 Å². The van der Waals surface area contributed by atoms with Gasteiger partial charge in [-0.3, -0.25) is 0 Å². The summed E-state index contributed by atoms with van der Waals surface area (Å²) < 4.78 is 12.9. The third kappa shape index (κ3) is 4.80. The first kappa shape index (κ1) is 34.7. The van der Waals surface area contributed by atoms with Crippen LogP contribution in [0.15, 0.2) is 210 Å². The second-order valence-corrected chi connectivity index (χ2v) is 17.8. The van der Waals surface area contributed by atoms with Crippen LogP contribution in [0.5, 0.6) is 0 Å². The molecule has 0 radical (unpaired) electrons. The fourth-order valence-electron chi connectivity index (χ4n) is 11.6. The summed E-state index contributed by atoms with van der Waals surface area (Å²) >= 11 is 0. The van der Waals surface area contributed by atoms with Crippen molar-refractivity contribution in [3.8, 4) is 22.3 Å². The van der Waals surface area contributed by atoms with Crippen LogP contribution >= 0.6 is 0 Å². The molecule has 8 aromatic rings. The molecule has 0 fully saturated rings. The first-order valence-electron chi connectivity index (χ1n) is 21.7. The SMILES string of the molecule is CC1(C)c2ccccc2C2(c3ccccc3-c3ccc(-c4ccc(N(C5=CC6OC7=C(C=CCC7)C6C=C5)c5ccc6oc7ccccc7c6c5)cc4)cc32)c2ccccc21. The van der Waals surface area contributed by atoms with Crippen molar-refractivity contribution in [2.75, 3.05) is 4.90 Å². The van der Waals surface area contributed by atoms with E-state index in [4.69, 9.17) is 9.15 Å². The molecule has 0 saturated heterocycles. The van der Waals surface area contributed by atoms with Crippen molar-refractivity contribution in [2.45, 2.75) is 43.6 Å². The average molecular weight is 786 g/mol. The summed E-state index contributed by atoms with van der Waals surface area (Å²) in [6, 6.07) is 58.6. The molecule has 2 unspecified atom stereocenters. The molecule has 0 saturated carbocycles. The Morgan fingerprint density at radius 3 is 2.02 bits per heavy atom. The second-order valence-electron chi connectivity index (χ2n) is 17.8. The van der Waals surface area contributed by atoms with Gasteiger partial charge in [0.25, 0.3) is 0 Å². The zero-order valence-electron chi connectivity index (χ0n) is 34.2. The standard InChI is InChI=1S/C58H43NO2/c1-57(2)48-17-7-9-19-50(48)58(51-20-10-8-18-49(51)57)47-16-6-3-13-41(47)42-30-25-37(33-52(42)58)36-23-26-38(27-24-36)59(39-29-32-55-46(34-39)44-15-5-12-22-54(44)60-55)40-28-31-45-43-14-4-11-21-53(43)61-56(45)35-40/h3-10,12-20,22-35,45,56H,11,21H2,1-2H3. The number of rotatable bonds is 4. The highest BCUT2D eigenvalue weighted by Crippen LogP contribution is 2.62. The van der Waals surface area contributed by atoms with E-state index in [-0.39, 0.29) is 17.4 Å². The number of hydrogen-bond donors (Lipinski definition) is 0. The molecule has 1 spiro atoms. The maximum Gasteiger partial charge on any atom is 0.135 e. The molecular formula is C58H43NO2. The Bertz CT molecular complexity index is 3230. The van der Waals surface area contributed by atoms with Gasteiger partial charge in [-0.25, -0.2) is 0 Å². The molecule has 0 N–H and O–H groups in total. The van der Waals surface area contributed by atoms with E-state index in [1.807, 2.05) is 12.1 Å². The monoisotopic (exact) mass is 785 g/mol. The van der Waals surface area contributed by atoms with E-state index in [2.05, 4.69) is 195 Å². The highest BCUT2D eigenvalue weighted by molar-refractivity contribution is 6.06. The van der Waals surface area contributed by atoms with Crippen LogP contribution in [-0.2, 0) is 15.6 Å². The molecule has 13 rings (SSSR count). The van der Waals surface area contributed by atoms with E-state index in [1.54, 1.807) is 0 Å². The predicted octanol–water partition coefficient (Wildman–Crippen LogP) is 14.5. The van der Waals surface area contributed by atoms with Crippen LogP contribution in [0.2, 0.25) is 0 Å². The van der Waals surface area contributed by atoms with Crippen LogP contribution < -0.4 is 4.90 Å². The molecule has 7 aromatic carbocycles. The lowest BCUT2D eigenvalue weighted by Gasteiger charge is -2.46. The van der Waals surface area contributed by atoms with Crippen LogP contribution in [0, 0.1) is 5.92 Å². The van der Waals surface area contributed by atoms with Crippen LogP contribution in [0.25, 0.3) is 44.2 Å². The van der Waals surface area contributed by atoms with Gasteiger partial charge in [-0.1, -0.05) is 147 Å². The van der Waals surface area contributed by atoms with Gasteiger partial charge >= 0.3 is 0 Å². The van der Waals surface area contributed by atoms with Gasteiger partial charge in [0.05, 0.1) is 5.41 Å². The van der Waals surface area contributed by atoms with Crippen LogP contribution in [-0.4, -0.2) is 6.10 Å². The molecule has 3 nitrogen and oxygen atoms in total. The lowest BCUT2D eigenvalue weighted by Crippen LogP contribution is -2.40. The van der Waals surface area contributed by atoms with Crippen molar-refractivity contribution in [2.24, 2.45) is 5.92 Å². The second kappa shape index (κ2) is 12.7. The minimum Gasteiger partial charge on any atom is -0.489 e. The molecular weight excluding hydrogens is 743 g/mol. The van der Waals surface area contributed by atoms with Gasteiger partial charge in [0.1, 0.15) is 23.0 Å². The number of furan rings is 1. The zero-order valence-corrected chi connectivity index (χ0v) is 34.2. The van der Waals surface area contributed by atoms with E-state index >= 15 is 0 Å². The number of hydrogen-bond acceptors (Lipinski definition) is 3. The minimum absolute atomic E-state index is 0.0310. The van der Waals surface area contributed by atoms with E-state index in [1.165, 1.54) is 61.2 Å². The topological polar surface area (TPSA) is 25.6 Å². The van der Waals surface area contributed by atoms with Crippen molar-refractivity contribution in [3.63, 3.8) is 0 Å². The molecule has 1 aliphatic heterocycles. The van der Waals surface area contributed by atoms with Gasteiger partial charge < -0.3 is 14.1 Å². The Morgan fingerprint density at radius 1 is 0.557 bits per heavy atom. The van der Waals surface area contributed by atoms with Crippen LogP contribution in [0.1, 0.15) is 60.1 Å². The molecule has 3 heteroatoms. The molecule has 0 bridgehead atoms. The van der Waals surface area contributed by atoms with E-state index < -0.39 is 5.41 Å². The van der Waals surface area contributed by atoms with Crippen molar-refractivity contribution in [1.29, 1.82) is 0 Å². The largest absolute Gasteiger partial charge is 0.489 e. The molecule has 5 aliphatic rings. The van der Waals surface area contributed by atoms with E-state index in [0.29, 0.717) is 0 Å². The summed E-state index contributed by atoms with van der Waals surface area (Å²) in [7, 11) is 0. The van der Waals surface area contributed by atoms with Gasteiger partial charge in [-0.15, -0.1) is 0 Å². The molecule has 61 heavy (non-hydrogen) atoms. The molecule has 4 aliphatic carbocycles. The third-order valence-electron chi connectivity index (χ3n) is 14.3. The Balaban J connectivity index is 0.948. The van der Waals surface area contributed by atoms with Gasteiger partial charge in [-0.05, 0) is 117 Å². The van der Waals surface area contributed by atoms with E-state index in [0.717, 1.165) is 57.6 Å². The summed E-state index contributed by atoms with van der Waals surface area (Å²) in [4.78, 5) is 2.38. The first-order valence-corrected chi connectivity index (χ1v) is 21.7. The number of para-hydroxylation sites is 1. The lowest BCUT2D eigenvalue weighted by atomic mass is 9.55. The summed E-state index contributed by atoms with van der Waals surface area (Å²) in [5.41, 5.74) is 19.1. The highest BCUT2D eigenvalue weighted by atomic mass is 16.5. The summed E-state index contributed by atoms with van der Waals surface area (Å²) in [5, 5.41) is 2.23. The summed E-state index contributed by atoms with van der Waals surface area (Å²) in [6.45, 7) is 4.77. The average Bonchev–Trinajstić information content (AvgIpc) is 3.97. The molecule has 0 amide bonds. The smallest absolute Gasteiger partial charge is 0.135 e. The van der Waals surface area contributed by atoms with E-state index in [9.17, 15) is 0 Å². The third-order valence-corrected chi connectivity index (χ3v) is 14.3. The van der Waals surface area contributed by atoms with Gasteiger partial charge in [0.15, 0.2) is 0 Å². The van der Waals surface area contributed by atoms with Crippen molar-refractivity contribution in [1.82, 2.24) is 0 Å². The molecule has 292 valence electrons. The number of ether oxygens (including phenoxy) is 1. The maximum atomic E-state index is 6.64. The Labute approximate surface area is 356 Å². The molecule has 2 atom stereocenters. The van der Waals surface area contributed by atoms with Crippen molar-refractivity contribution >= 4 is 33.3 Å². The number of fused-ring (bicyclic) bond motifs is 14. The molecule has 1 aromatic heterocycles. The number of benzene rings is 7. The van der Waals surface area contributed by atoms with Gasteiger partial charge in [-0.2, -0.15) is 0 Å². The quantitative estimate of drug-likeness (QED) is 0.178. The predicted molar refractivity (Wildman–Crippen MR) is 248 cm³/mol. The number of anilines is 2. The Morgan fingerprint density at radius 2 is 1.21 bits per heavy atom. The van der Waals surface area contributed by atoms with Gasteiger partial charge in [0.2, 0.25) is 0 Å². The Hall–Kier alpha value is -7.10. The van der Waals surface area contributed by atoms with Crippen LogP contribution in [0.3, 0.4) is 0 Å². The summed E-state index contributed by atoms with van der Waals surface area (Å²) in [6.07, 6.45) is 13.5. The highest BCUT2D eigenvalue weighted by Gasteiger charge is 2.53. The zero-order chi connectivity index (χ0) is 40.5. The molecule has 2 heterocycles. The fraction of sp³-hybridized carbons (Fsp3) is 0.138. The number of allylic oxidation sites excluding steroid dienone is 4. The fourth-order valence-corrected chi connectivity index (χ4v) is 11.6. The first-order chi connectivity index (χ1) is 30.0. The maximum absolute atomic E-state index is 6.64. The van der Waals surface area contributed by atoms with Crippen LogP contribution in [0.4, 0.5) is 11.4 Å². The minimum atomic E-state index is -0.429. The van der Waals surface area contributed by atoms with Gasteiger partial charge in [0, 0.05) is 51.2 Å². The Kier molecular flexibility index (Phi) is 7.23. The normalized spacial score (nSPS) is 19.5.